The van der Waals surface area contributed by atoms with Gasteiger partial charge >= 0.3 is 0 Å². The van der Waals surface area contributed by atoms with E-state index in [0.717, 1.165) is 0 Å². The fourth-order valence-electron chi connectivity index (χ4n) is 0.742. The topological polar surface area (TPSA) is 29.5 Å². The normalized spacial score (nSPS) is 11.2. The fourth-order valence-corrected chi connectivity index (χ4v) is 0.742. The molecule has 0 heterocycles. The molecule has 59 valence electrons. The standard InChI is InChI=1S/C9H11O2/c1-9(2,10)11-8-6-4-3-5-7-8/h3-7,10H,1H2,2H3. The molecule has 0 amide bonds. The summed E-state index contributed by atoms with van der Waals surface area (Å²) < 4.78 is 5.05. The van der Waals surface area contributed by atoms with Crippen molar-refractivity contribution in [2.24, 2.45) is 0 Å². The second-order valence-corrected chi connectivity index (χ2v) is 2.59. The van der Waals surface area contributed by atoms with Gasteiger partial charge in [-0.3, -0.25) is 0 Å². The van der Waals surface area contributed by atoms with Crippen molar-refractivity contribution in [1.29, 1.82) is 0 Å². The fraction of sp³-hybridized carbons (Fsp3) is 0.222. The third kappa shape index (κ3) is 3.05. The van der Waals surface area contributed by atoms with Crippen molar-refractivity contribution in [3.63, 3.8) is 0 Å². The zero-order chi connectivity index (χ0) is 8.32. The van der Waals surface area contributed by atoms with Crippen LogP contribution >= 0.6 is 0 Å². The van der Waals surface area contributed by atoms with E-state index in [2.05, 4.69) is 6.92 Å². The molecule has 0 spiro atoms. The van der Waals surface area contributed by atoms with Gasteiger partial charge in [-0.25, -0.2) is 0 Å². The lowest BCUT2D eigenvalue weighted by Gasteiger charge is -2.18. The summed E-state index contributed by atoms with van der Waals surface area (Å²) in [4.78, 5) is 0. The molecule has 0 aliphatic rings. The Hall–Kier alpha value is -1.02. The number of aliphatic hydroxyl groups is 1. The van der Waals surface area contributed by atoms with Crippen LogP contribution in [0.15, 0.2) is 30.3 Å². The van der Waals surface area contributed by atoms with E-state index in [-0.39, 0.29) is 0 Å². The predicted molar refractivity (Wildman–Crippen MR) is 43.1 cm³/mol. The number of ether oxygens (including phenoxy) is 1. The molecule has 0 aliphatic carbocycles. The highest BCUT2D eigenvalue weighted by molar-refractivity contribution is 5.21. The van der Waals surface area contributed by atoms with E-state index in [9.17, 15) is 0 Å². The molecule has 0 aliphatic heterocycles. The van der Waals surface area contributed by atoms with Crippen LogP contribution < -0.4 is 4.74 Å². The van der Waals surface area contributed by atoms with Crippen LogP contribution in [-0.2, 0) is 0 Å². The first-order valence-corrected chi connectivity index (χ1v) is 3.40. The molecule has 1 atom stereocenters. The summed E-state index contributed by atoms with van der Waals surface area (Å²) in [5, 5.41) is 9.14. The van der Waals surface area contributed by atoms with Crippen LogP contribution in [0.2, 0.25) is 0 Å². The lowest BCUT2D eigenvalue weighted by Crippen LogP contribution is -2.27. The second-order valence-electron chi connectivity index (χ2n) is 2.59. The van der Waals surface area contributed by atoms with E-state index < -0.39 is 5.79 Å². The van der Waals surface area contributed by atoms with E-state index in [4.69, 9.17) is 9.84 Å². The number of hydrogen-bond acceptors (Lipinski definition) is 2. The van der Waals surface area contributed by atoms with Gasteiger partial charge in [0.15, 0.2) is 0 Å². The maximum Gasteiger partial charge on any atom is 0.205 e. The largest absolute Gasteiger partial charge is 0.463 e. The van der Waals surface area contributed by atoms with Gasteiger partial charge in [0, 0.05) is 13.8 Å². The molecule has 0 saturated heterocycles. The number of para-hydroxylation sites is 1. The average Bonchev–Trinajstić information content (AvgIpc) is 1.85. The van der Waals surface area contributed by atoms with Crippen molar-refractivity contribution >= 4 is 0 Å². The van der Waals surface area contributed by atoms with Gasteiger partial charge < -0.3 is 9.84 Å². The van der Waals surface area contributed by atoms with Crippen molar-refractivity contribution in [2.45, 2.75) is 12.7 Å². The minimum Gasteiger partial charge on any atom is -0.463 e. The highest BCUT2D eigenvalue weighted by Crippen LogP contribution is 2.14. The monoisotopic (exact) mass is 151 g/mol. The molecule has 0 saturated carbocycles. The van der Waals surface area contributed by atoms with Gasteiger partial charge in [-0.1, -0.05) is 18.2 Å². The van der Waals surface area contributed by atoms with Crippen LogP contribution in [0.4, 0.5) is 0 Å². The average molecular weight is 151 g/mol. The lowest BCUT2D eigenvalue weighted by molar-refractivity contribution is -0.0802. The Morgan fingerprint density at radius 3 is 2.36 bits per heavy atom. The van der Waals surface area contributed by atoms with Crippen molar-refractivity contribution in [2.75, 3.05) is 0 Å². The Morgan fingerprint density at radius 2 is 1.91 bits per heavy atom. The van der Waals surface area contributed by atoms with Crippen molar-refractivity contribution in [3.8, 4) is 5.75 Å². The molecule has 2 nitrogen and oxygen atoms in total. The number of hydrogen-bond donors (Lipinski definition) is 1. The first-order chi connectivity index (χ1) is 5.08. The molecule has 1 aromatic rings. The molecule has 2 heteroatoms. The third-order valence-electron chi connectivity index (χ3n) is 1.08. The van der Waals surface area contributed by atoms with Crippen LogP contribution in [-0.4, -0.2) is 10.9 Å². The molecule has 0 aromatic heterocycles. The van der Waals surface area contributed by atoms with Crippen molar-refractivity contribution < 1.29 is 9.84 Å². The maximum atomic E-state index is 9.14. The van der Waals surface area contributed by atoms with Crippen LogP contribution in [0.25, 0.3) is 0 Å². The summed E-state index contributed by atoms with van der Waals surface area (Å²) in [7, 11) is 0. The highest BCUT2D eigenvalue weighted by Gasteiger charge is 2.13. The zero-order valence-corrected chi connectivity index (χ0v) is 6.45. The molecule has 1 unspecified atom stereocenters. The van der Waals surface area contributed by atoms with Gasteiger partial charge in [-0.05, 0) is 12.1 Å². The minimum absolute atomic E-state index is 0.618. The molecular weight excluding hydrogens is 140 g/mol. The summed E-state index contributed by atoms with van der Waals surface area (Å²) in [6.45, 7) is 4.89. The van der Waals surface area contributed by atoms with Gasteiger partial charge in [-0.15, -0.1) is 0 Å². The van der Waals surface area contributed by atoms with Gasteiger partial charge in [0.25, 0.3) is 0 Å². The molecular formula is C9H11O2. The highest BCUT2D eigenvalue weighted by atomic mass is 16.6. The molecule has 1 N–H and O–H groups in total. The molecule has 1 radical (unpaired) electrons. The Morgan fingerprint density at radius 1 is 1.36 bits per heavy atom. The van der Waals surface area contributed by atoms with Gasteiger partial charge in [0.2, 0.25) is 5.79 Å². The van der Waals surface area contributed by atoms with E-state index in [1.807, 2.05) is 18.2 Å². The summed E-state index contributed by atoms with van der Waals surface area (Å²) in [6.07, 6.45) is 0. The Balaban J connectivity index is 2.66. The maximum absolute atomic E-state index is 9.14. The van der Waals surface area contributed by atoms with Crippen LogP contribution in [0.1, 0.15) is 6.92 Å². The van der Waals surface area contributed by atoms with E-state index in [1.165, 1.54) is 6.92 Å². The number of rotatable bonds is 2. The smallest absolute Gasteiger partial charge is 0.205 e. The Kier molecular flexibility index (Phi) is 2.15. The van der Waals surface area contributed by atoms with Gasteiger partial charge in [0.05, 0.1) is 0 Å². The molecule has 1 rings (SSSR count). The lowest BCUT2D eigenvalue weighted by atomic mass is 10.3. The third-order valence-corrected chi connectivity index (χ3v) is 1.08. The van der Waals surface area contributed by atoms with Crippen LogP contribution in [0.5, 0.6) is 5.75 Å². The van der Waals surface area contributed by atoms with Crippen LogP contribution in [0, 0.1) is 6.92 Å². The summed E-state index contributed by atoms with van der Waals surface area (Å²) in [6, 6.07) is 9.08. The second kappa shape index (κ2) is 2.93. The predicted octanol–water partition coefficient (Wildman–Crippen LogP) is 1.61. The summed E-state index contributed by atoms with van der Waals surface area (Å²) in [5.74, 6) is -0.728. The Labute approximate surface area is 66.4 Å². The summed E-state index contributed by atoms with van der Waals surface area (Å²) >= 11 is 0. The first kappa shape index (κ1) is 8.08. The van der Waals surface area contributed by atoms with Crippen molar-refractivity contribution in [1.82, 2.24) is 0 Å². The SMILES string of the molecule is [CH2]C(C)(O)Oc1ccccc1. The summed E-state index contributed by atoms with van der Waals surface area (Å²) in [5.41, 5.74) is 0. The van der Waals surface area contributed by atoms with Crippen LogP contribution in [0.3, 0.4) is 0 Å². The van der Waals surface area contributed by atoms with E-state index in [1.54, 1.807) is 12.1 Å². The molecule has 0 fully saturated rings. The van der Waals surface area contributed by atoms with E-state index in [0.29, 0.717) is 5.75 Å². The van der Waals surface area contributed by atoms with Gasteiger partial charge in [-0.2, -0.15) is 0 Å². The van der Waals surface area contributed by atoms with Crippen molar-refractivity contribution in [3.05, 3.63) is 37.3 Å². The van der Waals surface area contributed by atoms with E-state index >= 15 is 0 Å². The zero-order valence-electron chi connectivity index (χ0n) is 6.45. The molecule has 0 bridgehead atoms. The first-order valence-electron chi connectivity index (χ1n) is 3.40. The van der Waals surface area contributed by atoms with Gasteiger partial charge in [0.1, 0.15) is 5.75 Å². The quantitative estimate of drug-likeness (QED) is 0.650. The molecule has 1 aromatic carbocycles. The molecule has 11 heavy (non-hydrogen) atoms. The Bertz CT molecular complexity index is 211. The number of benzene rings is 1. The minimum atomic E-state index is -1.35.